The van der Waals surface area contributed by atoms with E-state index in [-0.39, 0.29) is 10.1 Å². The third kappa shape index (κ3) is 3.13. The second-order valence-electron chi connectivity index (χ2n) is 4.37. The van der Waals surface area contributed by atoms with Gasteiger partial charge in [0, 0.05) is 13.1 Å². The van der Waals surface area contributed by atoms with Crippen molar-refractivity contribution >= 4 is 43.2 Å². The summed E-state index contributed by atoms with van der Waals surface area (Å²) in [6.45, 7) is 4.25. The lowest BCUT2D eigenvalue weighted by molar-refractivity contribution is -0.123. The number of carbonyl (C=O) groups excluding carboxylic acids is 1. The third-order valence-electron chi connectivity index (χ3n) is 3.04. The van der Waals surface area contributed by atoms with Crippen LogP contribution in [0, 0.1) is 0 Å². The Morgan fingerprint density at radius 3 is 2.95 bits per heavy atom. The van der Waals surface area contributed by atoms with Gasteiger partial charge in [0.2, 0.25) is 5.91 Å². The highest BCUT2D eigenvalue weighted by Gasteiger charge is 2.39. The normalized spacial score (nSPS) is 19.9. The van der Waals surface area contributed by atoms with Gasteiger partial charge in [0.1, 0.15) is 10.3 Å². The van der Waals surface area contributed by atoms with E-state index in [0.29, 0.717) is 25.9 Å². The molecule has 8 heteroatoms. The van der Waals surface area contributed by atoms with Gasteiger partial charge in [0.25, 0.3) is 10.0 Å². The van der Waals surface area contributed by atoms with Crippen LogP contribution in [-0.2, 0) is 14.8 Å². The topological polar surface area (TPSA) is 66.5 Å². The van der Waals surface area contributed by atoms with Crippen molar-refractivity contribution in [2.75, 3.05) is 13.1 Å². The molecule has 5 nitrogen and oxygen atoms in total. The molecule has 1 aromatic heterocycles. The van der Waals surface area contributed by atoms with Crippen molar-refractivity contribution in [3.63, 3.8) is 0 Å². The first-order valence-corrected chi connectivity index (χ1v) is 9.17. The molecule has 0 radical (unpaired) electrons. The zero-order valence-electron chi connectivity index (χ0n) is 10.7. The predicted molar refractivity (Wildman–Crippen MR) is 82.1 cm³/mol. The molecule has 0 spiro atoms. The fourth-order valence-corrected chi connectivity index (χ4v) is 5.93. The summed E-state index contributed by atoms with van der Waals surface area (Å²) < 4.78 is 27.4. The predicted octanol–water partition coefficient (Wildman–Crippen LogP) is 1.97. The molecule has 1 atom stereocenters. The molecule has 0 bridgehead atoms. The molecule has 1 fully saturated rings. The lowest BCUT2D eigenvalue weighted by Crippen LogP contribution is -2.45. The van der Waals surface area contributed by atoms with Gasteiger partial charge in [0.05, 0.1) is 3.79 Å². The molecule has 1 amide bonds. The van der Waals surface area contributed by atoms with E-state index in [2.05, 4.69) is 27.8 Å². The van der Waals surface area contributed by atoms with E-state index in [0.717, 1.165) is 15.1 Å². The maximum Gasteiger partial charge on any atom is 0.253 e. The van der Waals surface area contributed by atoms with Crippen LogP contribution in [0.5, 0.6) is 0 Å². The van der Waals surface area contributed by atoms with Crippen LogP contribution in [-0.4, -0.2) is 37.8 Å². The van der Waals surface area contributed by atoms with Crippen molar-refractivity contribution in [3.05, 3.63) is 28.6 Å². The van der Waals surface area contributed by atoms with Crippen LogP contribution < -0.4 is 5.32 Å². The number of nitrogens with zero attached hydrogens (tertiary/aromatic N) is 1. The van der Waals surface area contributed by atoms with E-state index in [4.69, 9.17) is 0 Å². The maximum atomic E-state index is 12.6. The van der Waals surface area contributed by atoms with Gasteiger partial charge >= 0.3 is 0 Å². The molecule has 1 unspecified atom stereocenters. The van der Waals surface area contributed by atoms with Crippen molar-refractivity contribution in [2.24, 2.45) is 0 Å². The average Bonchev–Trinajstić information content (AvgIpc) is 3.04. The highest BCUT2D eigenvalue weighted by molar-refractivity contribution is 9.11. The van der Waals surface area contributed by atoms with E-state index in [9.17, 15) is 13.2 Å². The molecule has 1 aliphatic rings. The Morgan fingerprint density at radius 2 is 2.35 bits per heavy atom. The number of carbonyl (C=O) groups is 1. The van der Waals surface area contributed by atoms with Crippen molar-refractivity contribution in [3.8, 4) is 0 Å². The van der Waals surface area contributed by atoms with Crippen LogP contribution in [0.1, 0.15) is 12.8 Å². The van der Waals surface area contributed by atoms with Crippen LogP contribution in [0.15, 0.2) is 32.8 Å². The van der Waals surface area contributed by atoms with Crippen LogP contribution in [0.4, 0.5) is 0 Å². The Balaban J connectivity index is 2.22. The summed E-state index contributed by atoms with van der Waals surface area (Å²) in [6.07, 6.45) is 2.81. The standard InChI is InChI=1S/C12H15BrN2O3S2/c1-2-7-14-12(16)9-4-3-8-15(9)20(17,18)11-6-5-10(13)19-11/h2,5-6,9H,1,3-4,7-8H2,(H,14,16). The minimum atomic E-state index is -3.60. The van der Waals surface area contributed by atoms with E-state index in [1.807, 2.05) is 0 Å². The molecule has 0 aromatic carbocycles. The summed E-state index contributed by atoms with van der Waals surface area (Å²) >= 11 is 4.41. The second-order valence-corrected chi connectivity index (χ2v) is 8.95. The number of rotatable bonds is 5. The lowest BCUT2D eigenvalue weighted by atomic mass is 10.2. The molecule has 1 saturated heterocycles. The zero-order valence-corrected chi connectivity index (χ0v) is 13.9. The van der Waals surface area contributed by atoms with Crippen LogP contribution in [0.3, 0.4) is 0 Å². The minimum absolute atomic E-state index is 0.257. The number of hydrogen-bond donors (Lipinski definition) is 1. The zero-order chi connectivity index (χ0) is 14.8. The quantitative estimate of drug-likeness (QED) is 0.796. The number of amides is 1. The molecule has 20 heavy (non-hydrogen) atoms. The van der Waals surface area contributed by atoms with Crippen LogP contribution >= 0.6 is 27.3 Å². The average molecular weight is 379 g/mol. The molecule has 0 aliphatic carbocycles. The number of nitrogens with one attached hydrogen (secondary N) is 1. The van der Waals surface area contributed by atoms with E-state index in [1.54, 1.807) is 18.2 Å². The van der Waals surface area contributed by atoms with Crippen LogP contribution in [0.25, 0.3) is 0 Å². The summed E-state index contributed by atoms with van der Waals surface area (Å²) in [6, 6.07) is 2.63. The summed E-state index contributed by atoms with van der Waals surface area (Å²) in [4.78, 5) is 12.0. The first kappa shape index (κ1) is 15.7. The van der Waals surface area contributed by atoms with Gasteiger partial charge in [-0.2, -0.15) is 4.31 Å². The smallest absolute Gasteiger partial charge is 0.253 e. The first-order valence-electron chi connectivity index (χ1n) is 6.12. The van der Waals surface area contributed by atoms with E-state index < -0.39 is 16.1 Å². The number of halogens is 1. The summed E-state index contributed by atoms with van der Waals surface area (Å²) in [5.74, 6) is -0.262. The van der Waals surface area contributed by atoms with Crippen LogP contribution in [0.2, 0.25) is 0 Å². The van der Waals surface area contributed by atoms with Gasteiger partial charge in [-0.15, -0.1) is 17.9 Å². The van der Waals surface area contributed by atoms with E-state index in [1.165, 1.54) is 4.31 Å². The monoisotopic (exact) mass is 378 g/mol. The Labute approximate surface area is 130 Å². The molecule has 0 saturated carbocycles. The molecule has 1 aliphatic heterocycles. The SMILES string of the molecule is C=CCNC(=O)C1CCCN1S(=O)(=O)c1ccc(Br)s1. The highest BCUT2D eigenvalue weighted by Crippen LogP contribution is 2.32. The van der Waals surface area contributed by atoms with Gasteiger partial charge in [-0.05, 0) is 40.9 Å². The molecule has 1 N–H and O–H groups in total. The first-order chi connectivity index (χ1) is 9.46. The molecular weight excluding hydrogens is 364 g/mol. The summed E-state index contributed by atoms with van der Waals surface area (Å²) in [7, 11) is -3.60. The number of thiophene rings is 1. The van der Waals surface area contributed by atoms with E-state index >= 15 is 0 Å². The molecular formula is C12H15BrN2O3S2. The highest BCUT2D eigenvalue weighted by atomic mass is 79.9. The number of hydrogen-bond acceptors (Lipinski definition) is 4. The number of sulfonamides is 1. The Hall–Kier alpha value is -0.700. The van der Waals surface area contributed by atoms with Crippen molar-refractivity contribution < 1.29 is 13.2 Å². The van der Waals surface area contributed by atoms with Gasteiger partial charge in [-0.1, -0.05) is 6.08 Å². The largest absolute Gasteiger partial charge is 0.351 e. The fourth-order valence-electron chi connectivity index (χ4n) is 2.13. The van der Waals surface area contributed by atoms with Gasteiger partial charge in [-0.3, -0.25) is 4.79 Å². The molecule has 1 aromatic rings. The lowest BCUT2D eigenvalue weighted by Gasteiger charge is -2.22. The molecule has 2 heterocycles. The Bertz CT molecular complexity index is 612. The minimum Gasteiger partial charge on any atom is -0.351 e. The van der Waals surface area contributed by atoms with Crippen molar-refractivity contribution in [1.82, 2.24) is 9.62 Å². The van der Waals surface area contributed by atoms with Gasteiger partial charge < -0.3 is 5.32 Å². The summed E-state index contributed by atoms with van der Waals surface area (Å²) in [5, 5.41) is 2.66. The molecule has 2 rings (SSSR count). The molecule has 110 valence electrons. The summed E-state index contributed by atoms with van der Waals surface area (Å²) in [5.41, 5.74) is 0. The fraction of sp³-hybridized carbons (Fsp3) is 0.417. The Kier molecular flexibility index (Phi) is 5.00. The van der Waals surface area contributed by atoms with Gasteiger partial charge in [0.15, 0.2) is 0 Å². The van der Waals surface area contributed by atoms with Gasteiger partial charge in [-0.25, -0.2) is 8.42 Å². The Morgan fingerprint density at radius 1 is 1.60 bits per heavy atom. The maximum absolute atomic E-state index is 12.6. The van der Waals surface area contributed by atoms with Crippen molar-refractivity contribution in [2.45, 2.75) is 23.1 Å². The van der Waals surface area contributed by atoms with Crippen molar-refractivity contribution in [1.29, 1.82) is 0 Å². The third-order valence-corrected chi connectivity index (χ3v) is 7.04. The second kappa shape index (κ2) is 6.38.